The molecular weight excluding hydrogens is 180 g/mol. The van der Waals surface area contributed by atoms with Gasteiger partial charge in [-0.15, -0.1) is 11.8 Å². The van der Waals surface area contributed by atoms with Crippen LogP contribution in [0.15, 0.2) is 34.2 Å². The first-order valence-corrected chi connectivity index (χ1v) is 5.46. The number of nitrogens with zero attached hydrogens (tertiary/aromatic N) is 1. The van der Waals surface area contributed by atoms with Gasteiger partial charge < -0.3 is 5.73 Å². The summed E-state index contributed by atoms with van der Waals surface area (Å²) in [7, 11) is 0. The summed E-state index contributed by atoms with van der Waals surface area (Å²) in [5, 5.41) is 0. The lowest BCUT2D eigenvalue weighted by atomic mass is 10.3. The highest BCUT2D eigenvalue weighted by Crippen LogP contribution is 2.27. The summed E-state index contributed by atoms with van der Waals surface area (Å²) in [6, 6.07) is 8.01. The van der Waals surface area contributed by atoms with Crippen LogP contribution in [-0.4, -0.2) is 12.1 Å². The van der Waals surface area contributed by atoms with Crippen molar-refractivity contribution in [2.24, 2.45) is 10.7 Å². The van der Waals surface area contributed by atoms with E-state index in [9.17, 15) is 0 Å². The first-order chi connectivity index (χ1) is 6.27. The van der Waals surface area contributed by atoms with E-state index in [4.69, 9.17) is 5.73 Å². The van der Waals surface area contributed by atoms with Gasteiger partial charge in [0.25, 0.3) is 0 Å². The minimum Gasteiger partial charge on any atom is -0.387 e. The number of benzene rings is 1. The summed E-state index contributed by atoms with van der Waals surface area (Å²) in [6.07, 6.45) is 2.83. The molecule has 0 aliphatic heterocycles. The Morgan fingerprint density at radius 3 is 2.77 bits per heavy atom. The van der Waals surface area contributed by atoms with Crippen molar-refractivity contribution < 1.29 is 0 Å². The van der Waals surface area contributed by atoms with Crippen LogP contribution in [0.1, 0.15) is 13.3 Å². The average molecular weight is 194 g/mol. The van der Waals surface area contributed by atoms with E-state index < -0.39 is 0 Å². The summed E-state index contributed by atoms with van der Waals surface area (Å²) in [5.41, 5.74) is 6.64. The molecule has 0 saturated heterocycles. The Hall–Kier alpha value is -0.960. The van der Waals surface area contributed by atoms with Crippen molar-refractivity contribution in [3.8, 4) is 0 Å². The molecule has 0 aliphatic carbocycles. The Balaban J connectivity index is 2.99. The number of amidine groups is 1. The van der Waals surface area contributed by atoms with E-state index in [1.165, 1.54) is 4.90 Å². The van der Waals surface area contributed by atoms with Gasteiger partial charge in [-0.1, -0.05) is 19.1 Å². The summed E-state index contributed by atoms with van der Waals surface area (Å²) < 4.78 is 0. The standard InChI is InChI=1S/C10H14N2S/c1-3-10(11)12-8-6-4-5-7-9(8)13-2/h4-7H,3H2,1-2H3,(H2,11,12). The van der Waals surface area contributed by atoms with Crippen LogP contribution in [0.2, 0.25) is 0 Å². The molecule has 0 spiro atoms. The molecule has 2 N–H and O–H groups in total. The van der Waals surface area contributed by atoms with E-state index in [0.717, 1.165) is 12.1 Å². The van der Waals surface area contributed by atoms with Crippen molar-refractivity contribution in [3.63, 3.8) is 0 Å². The lowest BCUT2D eigenvalue weighted by Gasteiger charge is -2.02. The van der Waals surface area contributed by atoms with Crippen LogP contribution in [0.3, 0.4) is 0 Å². The van der Waals surface area contributed by atoms with Crippen LogP contribution >= 0.6 is 11.8 Å². The zero-order valence-corrected chi connectivity index (χ0v) is 8.77. The van der Waals surface area contributed by atoms with Gasteiger partial charge in [-0.2, -0.15) is 0 Å². The van der Waals surface area contributed by atoms with Gasteiger partial charge in [0.2, 0.25) is 0 Å². The van der Waals surface area contributed by atoms with Crippen LogP contribution in [-0.2, 0) is 0 Å². The van der Waals surface area contributed by atoms with Gasteiger partial charge in [0.05, 0.1) is 11.5 Å². The predicted molar refractivity (Wildman–Crippen MR) is 59.8 cm³/mol. The quantitative estimate of drug-likeness (QED) is 0.456. The van der Waals surface area contributed by atoms with Gasteiger partial charge >= 0.3 is 0 Å². The Labute approximate surface area is 83.2 Å². The second-order valence-electron chi connectivity index (χ2n) is 2.63. The van der Waals surface area contributed by atoms with Crippen molar-refractivity contribution in [2.45, 2.75) is 18.2 Å². The molecule has 0 aromatic heterocycles. The fourth-order valence-corrected chi connectivity index (χ4v) is 1.49. The third kappa shape index (κ3) is 2.77. The molecule has 1 aromatic carbocycles. The normalized spacial score (nSPS) is 11.7. The van der Waals surface area contributed by atoms with E-state index in [2.05, 4.69) is 4.99 Å². The van der Waals surface area contributed by atoms with E-state index in [1.807, 2.05) is 37.4 Å². The Morgan fingerprint density at radius 1 is 1.46 bits per heavy atom. The lowest BCUT2D eigenvalue weighted by molar-refractivity contribution is 1.22. The second-order valence-corrected chi connectivity index (χ2v) is 3.48. The van der Waals surface area contributed by atoms with Crippen LogP contribution < -0.4 is 5.73 Å². The van der Waals surface area contributed by atoms with Gasteiger partial charge in [-0.25, -0.2) is 4.99 Å². The number of aliphatic imine (C=N–C) groups is 1. The number of rotatable bonds is 3. The van der Waals surface area contributed by atoms with E-state index in [1.54, 1.807) is 11.8 Å². The zero-order chi connectivity index (χ0) is 9.68. The summed E-state index contributed by atoms with van der Waals surface area (Å²) in [6.45, 7) is 2.00. The molecule has 13 heavy (non-hydrogen) atoms. The Bertz CT molecular complexity index is 308. The van der Waals surface area contributed by atoms with Gasteiger partial charge in [0.15, 0.2) is 0 Å². The number of hydrogen-bond donors (Lipinski definition) is 1. The molecule has 0 unspecified atom stereocenters. The van der Waals surface area contributed by atoms with Crippen LogP contribution in [0.4, 0.5) is 5.69 Å². The topological polar surface area (TPSA) is 38.4 Å². The summed E-state index contributed by atoms with van der Waals surface area (Å²) in [4.78, 5) is 5.49. The number of hydrogen-bond acceptors (Lipinski definition) is 2. The zero-order valence-electron chi connectivity index (χ0n) is 7.95. The Kier molecular flexibility index (Phi) is 3.83. The van der Waals surface area contributed by atoms with E-state index >= 15 is 0 Å². The smallest absolute Gasteiger partial charge is 0.0994 e. The van der Waals surface area contributed by atoms with E-state index in [0.29, 0.717) is 5.84 Å². The second kappa shape index (κ2) is 4.92. The minimum atomic E-state index is 0.682. The maximum Gasteiger partial charge on any atom is 0.0994 e. The predicted octanol–water partition coefficient (Wildman–Crippen LogP) is 2.81. The van der Waals surface area contributed by atoms with Gasteiger partial charge in [0, 0.05) is 11.3 Å². The van der Waals surface area contributed by atoms with Gasteiger partial charge in [0.1, 0.15) is 0 Å². The lowest BCUT2D eigenvalue weighted by Crippen LogP contribution is -2.08. The van der Waals surface area contributed by atoms with E-state index in [-0.39, 0.29) is 0 Å². The van der Waals surface area contributed by atoms with Crippen molar-refractivity contribution >= 4 is 23.3 Å². The third-order valence-electron chi connectivity index (χ3n) is 1.71. The molecule has 0 amide bonds. The van der Waals surface area contributed by atoms with Gasteiger partial charge in [-0.3, -0.25) is 0 Å². The molecule has 0 saturated carbocycles. The molecule has 0 fully saturated rings. The molecule has 0 heterocycles. The van der Waals surface area contributed by atoms with Crippen LogP contribution in [0.5, 0.6) is 0 Å². The third-order valence-corrected chi connectivity index (χ3v) is 2.50. The first-order valence-electron chi connectivity index (χ1n) is 4.24. The fourth-order valence-electron chi connectivity index (χ4n) is 0.956. The van der Waals surface area contributed by atoms with Gasteiger partial charge in [-0.05, 0) is 18.4 Å². The minimum absolute atomic E-state index is 0.682. The summed E-state index contributed by atoms with van der Waals surface area (Å²) >= 11 is 1.69. The van der Waals surface area contributed by atoms with Crippen molar-refractivity contribution in [1.29, 1.82) is 0 Å². The molecule has 0 aliphatic rings. The SMILES string of the molecule is CCC(N)=Nc1ccccc1SC. The number of thioether (sulfide) groups is 1. The van der Waals surface area contributed by atoms with Crippen molar-refractivity contribution in [3.05, 3.63) is 24.3 Å². The molecular formula is C10H14N2S. The maximum absolute atomic E-state index is 5.67. The monoisotopic (exact) mass is 194 g/mol. The average Bonchev–Trinajstić information content (AvgIpc) is 2.18. The number of para-hydroxylation sites is 1. The maximum atomic E-state index is 5.67. The molecule has 0 bridgehead atoms. The Morgan fingerprint density at radius 2 is 2.15 bits per heavy atom. The molecule has 2 nitrogen and oxygen atoms in total. The largest absolute Gasteiger partial charge is 0.387 e. The highest BCUT2D eigenvalue weighted by molar-refractivity contribution is 7.98. The number of nitrogens with two attached hydrogens (primary N) is 1. The highest BCUT2D eigenvalue weighted by Gasteiger charge is 1.98. The molecule has 3 heteroatoms. The molecule has 1 rings (SSSR count). The molecule has 0 radical (unpaired) electrons. The van der Waals surface area contributed by atoms with Crippen molar-refractivity contribution in [1.82, 2.24) is 0 Å². The molecule has 70 valence electrons. The van der Waals surface area contributed by atoms with Crippen LogP contribution in [0, 0.1) is 0 Å². The van der Waals surface area contributed by atoms with Crippen molar-refractivity contribution in [2.75, 3.05) is 6.26 Å². The highest BCUT2D eigenvalue weighted by atomic mass is 32.2. The van der Waals surface area contributed by atoms with Crippen LogP contribution in [0.25, 0.3) is 0 Å². The summed E-state index contributed by atoms with van der Waals surface area (Å²) in [5.74, 6) is 0.682. The fraction of sp³-hybridized carbons (Fsp3) is 0.300. The molecule has 0 atom stereocenters. The molecule has 1 aromatic rings. The first kappa shape index (κ1) is 10.1.